The van der Waals surface area contributed by atoms with E-state index in [0.29, 0.717) is 13.1 Å². The molecule has 2 aliphatic rings. The van der Waals surface area contributed by atoms with Crippen molar-refractivity contribution in [2.45, 2.75) is 37.8 Å². The monoisotopic (exact) mass is 256 g/mol. The van der Waals surface area contributed by atoms with Crippen molar-refractivity contribution in [2.24, 2.45) is 0 Å². The summed E-state index contributed by atoms with van der Waals surface area (Å²) in [6.07, 6.45) is 3.73. The van der Waals surface area contributed by atoms with Crippen molar-refractivity contribution in [1.29, 1.82) is 0 Å². The predicted octanol–water partition coefficient (Wildman–Crippen LogP) is 0.766. The standard InChI is InChI=1S/C12H20N2O4/c1-18-10-4-6-13(7-5-10)12(17)14(8-11(15)16)9-2-3-9/h9-10H,2-8H2,1H3,(H,15,16). The molecule has 2 rings (SSSR count). The number of carbonyl (C=O) groups is 2. The van der Waals surface area contributed by atoms with Gasteiger partial charge in [0.15, 0.2) is 0 Å². The van der Waals surface area contributed by atoms with E-state index in [1.165, 1.54) is 4.90 Å². The minimum atomic E-state index is -0.943. The fourth-order valence-electron chi connectivity index (χ4n) is 2.35. The topological polar surface area (TPSA) is 70.1 Å². The van der Waals surface area contributed by atoms with Gasteiger partial charge in [0.05, 0.1) is 6.10 Å². The summed E-state index contributed by atoms with van der Waals surface area (Å²) in [6.45, 7) is 1.12. The summed E-state index contributed by atoms with van der Waals surface area (Å²) in [5.74, 6) is -0.943. The van der Waals surface area contributed by atoms with Gasteiger partial charge < -0.3 is 19.6 Å². The zero-order valence-corrected chi connectivity index (χ0v) is 10.7. The number of rotatable bonds is 4. The van der Waals surface area contributed by atoms with Crippen LogP contribution < -0.4 is 0 Å². The van der Waals surface area contributed by atoms with Gasteiger partial charge in [-0.3, -0.25) is 4.79 Å². The molecule has 1 heterocycles. The van der Waals surface area contributed by atoms with Crippen molar-refractivity contribution >= 4 is 12.0 Å². The first-order chi connectivity index (χ1) is 8.61. The lowest BCUT2D eigenvalue weighted by Crippen LogP contribution is -2.49. The van der Waals surface area contributed by atoms with Crippen molar-refractivity contribution in [3.8, 4) is 0 Å². The molecule has 2 fully saturated rings. The summed E-state index contributed by atoms with van der Waals surface area (Å²) < 4.78 is 5.26. The van der Waals surface area contributed by atoms with E-state index in [1.807, 2.05) is 0 Å². The van der Waals surface area contributed by atoms with E-state index < -0.39 is 5.97 Å². The first kappa shape index (κ1) is 13.1. The third-order valence-corrected chi connectivity index (χ3v) is 3.58. The molecule has 0 aromatic heterocycles. The summed E-state index contributed by atoms with van der Waals surface area (Å²) in [5.41, 5.74) is 0. The van der Waals surface area contributed by atoms with Gasteiger partial charge in [-0.05, 0) is 25.7 Å². The Balaban J connectivity index is 1.90. The van der Waals surface area contributed by atoms with E-state index in [2.05, 4.69) is 0 Å². The van der Waals surface area contributed by atoms with Crippen LogP contribution in [0.4, 0.5) is 4.79 Å². The summed E-state index contributed by atoms with van der Waals surface area (Å²) in [5, 5.41) is 8.86. The van der Waals surface area contributed by atoms with E-state index in [4.69, 9.17) is 9.84 Å². The number of nitrogens with zero attached hydrogens (tertiary/aromatic N) is 2. The number of carbonyl (C=O) groups excluding carboxylic acids is 1. The highest BCUT2D eigenvalue weighted by atomic mass is 16.5. The number of amides is 2. The van der Waals surface area contributed by atoms with E-state index >= 15 is 0 Å². The SMILES string of the molecule is COC1CCN(C(=O)N(CC(=O)O)C2CC2)CC1. The molecule has 6 heteroatoms. The molecular weight excluding hydrogens is 236 g/mol. The molecule has 102 valence electrons. The number of carboxylic acid groups (broad SMARTS) is 1. The molecule has 0 atom stereocenters. The zero-order chi connectivity index (χ0) is 13.1. The largest absolute Gasteiger partial charge is 0.480 e. The Bertz CT molecular complexity index is 322. The van der Waals surface area contributed by atoms with E-state index in [0.717, 1.165) is 25.7 Å². The molecule has 6 nitrogen and oxygen atoms in total. The average molecular weight is 256 g/mol. The van der Waals surface area contributed by atoms with Crippen molar-refractivity contribution in [1.82, 2.24) is 9.80 Å². The molecule has 0 bridgehead atoms. The number of hydrogen-bond donors (Lipinski definition) is 1. The van der Waals surface area contributed by atoms with Crippen LogP contribution in [0.15, 0.2) is 0 Å². The Labute approximate surface area is 106 Å². The summed E-state index contributed by atoms with van der Waals surface area (Å²) in [6, 6.07) is 0.00296. The molecule has 2 amide bonds. The van der Waals surface area contributed by atoms with Crippen molar-refractivity contribution in [3.63, 3.8) is 0 Å². The highest BCUT2D eigenvalue weighted by Gasteiger charge is 2.37. The van der Waals surface area contributed by atoms with E-state index in [-0.39, 0.29) is 24.7 Å². The molecule has 0 unspecified atom stereocenters. The summed E-state index contributed by atoms with van der Waals surface area (Å²) in [4.78, 5) is 26.3. The van der Waals surface area contributed by atoms with Crippen LogP contribution in [-0.2, 0) is 9.53 Å². The lowest BCUT2D eigenvalue weighted by molar-refractivity contribution is -0.137. The van der Waals surface area contributed by atoms with Gasteiger partial charge in [0.1, 0.15) is 6.54 Å². The lowest BCUT2D eigenvalue weighted by atomic mass is 10.1. The maximum absolute atomic E-state index is 12.3. The summed E-state index contributed by atoms with van der Waals surface area (Å²) in [7, 11) is 1.68. The number of urea groups is 1. The van der Waals surface area contributed by atoms with Crippen LogP contribution >= 0.6 is 0 Å². The Morgan fingerprint density at radius 1 is 1.28 bits per heavy atom. The van der Waals surface area contributed by atoms with Crippen LogP contribution in [0.3, 0.4) is 0 Å². The number of aliphatic carboxylic acids is 1. The normalized spacial score (nSPS) is 20.8. The van der Waals surface area contributed by atoms with E-state index in [9.17, 15) is 9.59 Å². The van der Waals surface area contributed by atoms with Crippen LogP contribution in [0, 0.1) is 0 Å². The smallest absolute Gasteiger partial charge is 0.323 e. The van der Waals surface area contributed by atoms with Crippen molar-refractivity contribution in [2.75, 3.05) is 26.7 Å². The van der Waals surface area contributed by atoms with Crippen molar-refractivity contribution in [3.05, 3.63) is 0 Å². The zero-order valence-electron chi connectivity index (χ0n) is 10.7. The van der Waals surface area contributed by atoms with Crippen LogP contribution in [0.5, 0.6) is 0 Å². The average Bonchev–Trinajstić information content (AvgIpc) is 3.19. The van der Waals surface area contributed by atoms with Gasteiger partial charge in [0.25, 0.3) is 0 Å². The van der Waals surface area contributed by atoms with Crippen molar-refractivity contribution < 1.29 is 19.4 Å². The van der Waals surface area contributed by atoms with Gasteiger partial charge in [-0.2, -0.15) is 0 Å². The molecule has 1 saturated carbocycles. The van der Waals surface area contributed by atoms with Gasteiger partial charge in [0, 0.05) is 26.2 Å². The second-order valence-corrected chi connectivity index (χ2v) is 4.96. The molecule has 18 heavy (non-hydrogen) atoms. The molecular formula is C12H20N2O4. The number of ether oxygens (including phenoxy) is 1. The quantitative estimate of drug-likeness (QED) is 0.806. The van der Waals surface area contributed by atoms with Crippen LogP contribution in [0.25, 0.3) is 0 Å². The first-order valence-corrected chi connectivity index (χ1v) is 6.42. The fourth-order valence-corrected chi connectivity index (χ4v) is 2.35. The van der Waals surface area contributed by atoms with Crippen LogP contribution in [0.2, 0.25) is 0 Å². The highest BCUT2D eigenvalue weighted by Crippen LogP contribution is 2.28. The molecule has 0 aromatic rings. The second-order valence-electron chi connectivity index (χ2n) is 4.96. The number of methoxy groups -OCH3 is 1. The van der Waals surface area contributed by atoms with Gasteiger partial charge >= 0.3 is 12.0 Å². The number of carboxylic acids is 1. The highest BCUT2D eigenvalue weighted by molar-refractivity contribution is 5.80. The van der Waals surface area contributed by atoms with Gasteiger partial charge in [-0.1, -0.05) is 0 Å². The Kier molecular flexibility index (Phi) is 4.06. The number of piperidine rings is 1. The molecule has 1 aliphatic heterocycles. The summed E-state index contributed by atoms with van der Waals surface area (Å²) >= 11 is 0. The fraction of sp³-hybridized carbons (Fsp3) is 0.833. The minimum Gasteiger partial charge on any atom is -0.480 e. The van der Waals surface area contributed by atoms with Gasteiger partial charge in [-0.25, -0.2) is 4.79 Å². The molecule has 1 saturated heterocycles. The first-order valence-electron chi connectivity index (χ1n) is 6.42. The molecule has 1 aliphatic carbocycles. The second kappa shape index (κ2) is 5.56. The molecule has 1 N–H and O–H groups in total. The number of hydrogen-bond acceptors (Lipinski definition) is 3. The van der Waals surface area contributed by atoms with E-state index in [1.54, 1.807) is 12.0 Å². The molecule has 0 aromatic carbocycles. The Hall–Kier alpha value is -1.30. The Morgan fingerprint density at radius 3 is 2.33 bits per heavy atom. The number of likely N-dealkylation sites (tertiary alicyclic amines) is 1. The van der Waals surface area contributed by atoms with Gasteiger partial charge in [0.2, 0.25) is 0 Å². The predicted molar refractivity (Wildman–Crippen MR) is 64.4 cm³/mol. The van der Waals surface area contributed by atoms with Crippen LogP contribution in [-0.4, -0.2) is 65.8 Å². The van der Waals surface area contributed by atoms with Gasteiger partial charge in [-0.15, -0.1) is 0 Å². The lowest BCUT2D eigenvalue weighted by Gasteiger charge is -2.35. The molecule has 0 radical (unpaired) electrons. The third kappa shape index (κ3) is 3.13. The molecule has 0 spiro atoms. The maximum atomic E-state index is 12.3. The Morgan fingerprint density at radius 2 is 1.89 bits per heavy atom. The maximum Gasteiger partial charge on any atom is 0.323 e. The third-order valence-electron chi connectivity index (χ3n) is 3.58. The van der Waals surface area contributed by atoms with Crippen LogP contribution in [0.1, 0.15) is 25.7 Å². The minimum absolute atomic E-state index is 0.130.